The van der Waals surface area contributed by atoms with Crippen LogP contribution in [0.1, 0.15) is 25.0 Å². The molecule has 0 fully saturated rings. The standard InChI is InChI=1S/C55H38N2O/c1-55(2)47-22-12-13-23-49(47)57-52-40-17-7-6-16-37(40)26-33-51(52)58-54-50(32-31-48(55)53(54)57)56(38-27-24-36(25-28-38)35-14-4-3-5-15-35)39-29-30-45-43-20-9-8-18-41(43)42-19-10-11-21-44(42)46(45)34-39/h3-34H,1-2H3. The van der Waals surface area contributed by atoms with E-state index in [1.165, 1.54) is 71.0 Å². The Morgan fingerprint density at radius 2 is 1.02 bits per heavy atom. The van der Waals surface area contributed by atoms with Crippen molar-refractivity contribution in [3.8, 4) is 22.6 Å². The van der Waals surface area contributed by atoms with Crippen LogP contribution in [0.3, 0.4) is 0 Å². The van der Waals surface area contributed by atoms with E-state index in [0.29, 0.717) is 0 Å². The molecule has 0 radical (unpaired) electrons. The molecule has 10 aromatic rings. The van der Waals surface area contributed by atoms with Gasteiger partial charge in [0.15, 0.2) is 11.5 Å². The second kappa shape index (κ2) is 12.3. The van der Waals surface area contributed by atoms with E-state index < -0.39 is 0 Å². The van der Waals surface area contributed by atoms with Crippen molar-refractivity contribution in [1.82, 2.24) is 0 Å². The van der Waals surface area contributed by atoms with Crippen LogP contribution >= 0.6 is 0 Å². The lowest BCUT2D eigenvalue weighted by Gasteiger charge is -2.46. The molecule has 0 spiro atoms. The normalized spacial score (nSPS) is 13.6. The summed E-state index contributed by atoms with van der Waals surface area (Å²) in [7, 11) is 0. The average molecular weight is 743 g/mol. The summed E-state index contributed by atoms with van der Waals surface area (Å²) >= 11 is 0. The van der Waals surface area contributed by atoms with Crippen molar-refractivity contribution in [2.75, 3.05) is 9.80 Å². The molecule has 0 N–H and O–H groups in total. The molecular weight excluding hydrogens is 705 g/mol. The molecule has 12 rings (SSSR count). The molecule has 2 heterocycles. The van der Waals surface area contributed by atoms with Crippen LogP contribution in [0.4, 0.5) is 34.1 Å². The van der Waals surface area contributed by atoms with Gasteiger partial charge in [0, 0.05) is 22.2 Å². The van der Waals surface area contributed by atoms with Gasteiger partial charge in [-0.2, -0.15) is 0 Å². The van der Waals surface area contributed by atoms with E-state index in [1.54, 1.807) is 0 Å². The maximum absolute atomic E-state index is 7.32. The van der Waals surface area contributed by atoms with Gasteiger partial charge in [0.1, 0.15) is 0 Å². The van der Waals surface area contributed by atoms with Gasteiger partial charge in [0.25, 0.3) is 0 Å². The number of benzene rings is 10. The van der Waals surface area contributed by atoms with E-state index in [4.69, 9.17) is 4.74 Å². The Labute approximate surface area is 337 Å². The molecule has 0 aliphatic carbocycles. The van der Waals surface area contributed by atoms with E-state index in [-0.39, 0.29) is 5.41 Å². The summed E-state index contributed by atoms with van der Waals surface area (Å²) in [6, 6.07) is 70.6. The zero-order valence-corrected chi connectivity index (χ0v) is 32.3. The molecule has 2 aliphatic rings. The quantitative estimate of drug-likeness (QED) is 0.167. The predicted molar refractivity (Wildman–Crippen MR) is 243 cm³/mol. The first-order valence-corrected chi connectivity index (χ1v) is 20.1. The zero-order valence-electron chi connectivity index (χ0n) is 32.3. The monoisotopic (exact) mass is 742 g/mol. The highest BCUT2D eigenvalue weighted by molar-refractivity contribution is 6.26. The fourth-order valence-corrected chi connectivity index (χ4v) is 9.81. The smallest absolute Gasteiger partial charge is 0.175 e. The Hall–Kier alpha value is -7.36. The highest BCUT2D eigenvalue weighted by atomic mass is 16.5. The maximum Gasteiger partial charge on any atom is 0.175 e. The Balaban J connectivity index is 1.15. The Morgan fingerprint density at radius 1 is 0.431 bits per heavy atom. The first kappa shape index (κ1) is 32.8. The Morgan fingerprint density at radius 3 is 1.76 bits per heavy atom. The van der Waals surface area contributed by atoms with Crippen LogP contribution < -0.4 is 14.5 Å². The number of fused-ring (bicyclic) bond motifs is 12. The summed E-state index contributed by atoms with van der Waals surface area (Å²) < 4.78 is 7.32. The van der Waals surface area contributed by atoms with Gasteiger partial charge in [-0.3, -0.25) is 0 Å². The lowest BCUT2D eigenvalue weighted by Crippen LogP contribution is -2.33. The molecule has 10 aromatic carbocycles. The molecule has 58 heavy (non-hydrogen) atoms. The predicted octanol–water partition coefficient (Wildman–Crippen LogP) is 15.7. The second-order valence-electron chi connectivity index (χ2n) is 16.1. The van der Waals surface area contributed by atoms with Crippen molar-refractivity contribution >= 4 is 77.2 Å². The summed E-state index contributed by atoms with van der Waals surface area (Å²) in [4.78, 5) is 4.87. The minimum absolute atomic E-state index is 0.272. The molecule has 0 bridgehead atoms. The lowest BCUT2D eigenvalue weighted by atomic mass is 9.73. The number of hydrogen-bond acceptors (Lipinski definition) is 3. The van der Waals surface area contributed by atoms with Gasteiger partial charge in [-0.15, -0.1) is 0 Å². The third-order valence-electron chi connectivity index (χ3n) is 12.6. The number of nitrogens with zero attached hydrogens (tertiary/aromatic N) is 2. The first-order valence-electron chi connectivity index (χ1n) is 20.1. The van der Waals surface area contributed by atoms with Crippen LogP contribution in [0, 0.1) is 0 Å². The number of ether oxygens (including phenoxy) is 1. The summed E-state index contributed by atoms with van der Waals surface area (Å²) in [5.74, 6) is 1.69. The average Bonchev–Trinajstić information content (AvgIpc) is 3.28. The second-order valence-corrected chi connectivity index (χ2v) is 16.1. The van der Waals surface area contributed by atoms with E-state index in [2.05, 4.69) is 218 Å². The molecule has 0 saturated carbocycles. The van der Waals surface area contributed by atoms with E-state index in [9.17, 15) is 0 Å². The molecule has 0 amide bonds. The largest absolute Gasteiger partial charge is 0.451 e. The number of rotatable bonds is 4. The Bertz CT molecular complexity index is 3260. The van der Waals surface area contributed by atoms with Crippen molar-refractivity contribution in [3.05, 3.63) is 205 Å². The third kappa shape index (κ3) is 4.68. The van der Waals surface area contributed by atoms with Crippen molar-refractivity contribution in [1.29, 1.82) is 0 Å². The lowest BCUT2D eigenvalue weighted by molar-refractivity contribution is 0.473. The molecule has 3 heteroatoms. The maximum atomic E-state index is 7.32. The molecule has 2 aliphatic heterocycles. The first-order chi connectivity index (χ1) is 28.5. The SMILES string of the molecule is CC1(C)c2ccccc2N2c3c1ccc(N(c1ccc(-c4ccccc4)cc1)c1ccc4c5ccccc5c5ccccc5c4c1)c3Oc1ccc3ccccc3c12. The van der Waals surface area contributed by atoms with Crippen LogP contribution in [0.5, 0.6) is 11.5 Å². The fourth-order valence-electron chi connectivity index (χ4n) is 9.81. The molecule has 0 unspecified atom stereocenters. The molecule has 3 nitrogen and oxygen atoms in total. The van der Waals surface area contributed by atoms with Crippen molar-refractivity contribution in [3.63, 3.8) is 0 Å². The topological polar surface area (TPSA) is 15.7 Å². The van der Waals surface area contributed by atoms with Crippen LogP contribution in [-0.2, 0) is 5.41 Å². The number of para-hydroxylation sites is 1. The molecule has 0 atom stereocenters. The highest BCUT2D eigenvalue weighted by Gasteiger charge is 2.43. The molecule has 0 aromatic heterocycles. The van der Waals surface area contributed by atoms with Gasteiger partial charge in [-0.25, -0.2) is 0 Å². The van der Waals surface area contributed by atoms with Gasteiger partial charge in [0.05, 0.1) is 22.7 Å². The summed E-state index contributed by atoms with van der Waals surface area (Å²) in [6.07, 6.45) is 0. The Kier molecular flexibility index (Phi) is 6.98. The molecule has 274 valence electrons. The molecule has 0 saturated heterocycles. The van der Waals surface area contributed by atoms with Gasteiger partial charge < -0.3 is 14.5 Å². The van der Waals surface area contributed by atoms with Crippen LogP contribution in [0.15, 0.2) is 194 Å². The van der Waals surface area contributed by atoms with Crippen molar-refractivity contribution < 1.29 is 4.74 Å². The minimum Gasteiger partial charge on any atom is -0.451 e. The highest BCUT2D eigenvalue weighted by Crippen LogP contribution is 2.64. The van der Waals surface area contributed by atoms with Crippen LogP contribution in [0.25, 0.3) is 54.2 Å². The van der Waals surface area contributed by atoms with E-state index in [0.717, 1.165) is 39.9 Å². The number of anilines is 6. The summed E-state index contributed by atoms with van der Waals surface area (Å²) in [5, 5.41) is 9.84. The third-order valence-corrected chi connectivity index (χ3v) is 12.6. The van der Waals surface area contributed by atoms with Gasteiger partial charge in [-0.1, -0.05) is 166 Å². The number of hydrogen-bond donors (Lipinski definition) is 0. The van der Waals surface area contributed by atoms with Crippen molar-refractivity contribution in [2.45, 2.75) is 19.3 Å². The minimum atomic E-state index is -0.272. The summed E-state index contributed by atoms with van der Waals surface area (Å²) in [6.45, 7) is 4.69. The summed E-state index contributed by atoms with van der Waals surface area (Å²) in [5.41, 5.74) is 11.1. The van der Waals surface area contributed by atoms with Crippen molar-refractivity contribution in [2.24, 2.45) is 0 Å². The molecular formula is C55H38N2O. The van der Waals surface area contributed by atoms with E-state index in [1.807, 2.05) is 0 Å². The fraction of sp³-hybridized carbons (Fsp3) is 0.0545. The van der Waals surface area contributed by atoms with Crippen LogP contribution in [0.2, 0.25) is 0 Å². The van der Waals surface area contributed by atoms with E-state index >= 15 is 0 Å². The van der Waals surface area contributed by atoms with Gasteiger partial charge in [0.2, 0.25) is 0 Å². The van der Waals surface area contributed by atoms with Gasteiger partial charge in [-0.05, 0) is 102 Å². The van der Waals surface area contributed by atoms with Gasteiger partial charge >= 0.3 is 0 Å². The van der Waals surface area contributed by atoms with Crippen LogP contribution in [-0.4, -0.2) is 0 Å². The zero-order chi connectivity index (χ0) is 38.5.